The van der Waals surface area contributed by atoms with Crippen molar-refractivity contribution in [3.05, 3.63) is 46.8 Å². The molecule has 0 unspecified atom stereocenters. The highest BCUT2D eigenvalue weighted by Crippen LogP contribution is 2.38. The van der Waals surface area contributed by atoms with Crippen LogP contribution in [0.5, 0.6) is 5.75 Å². The minimum Gasteiger partial charge on any atom is -0.493 e. The van der Waals surface area contributed by atoms with Crippen molar-refractivity contribution in [2.75, 3.05) is 13.2 Å². The van der Waals surface area contributed by atoms with Crippen LogP contribution in [-0.4, -0.2) is 24.2 Å². The van der Waals surface area contributed by atoms with Gasteiger partial charge in [0.25, 0.3) is 5.91 Å². The van der Waals surface area contributed by atoms with Gasteiger partial charge in [0.1, 0.15) is 11.5 Å². The van der Waals surface area contributed by atoms with Crippen LogP contribution in [0.25, 0.3) is 0 Å². The van der Waals surface area contributed by atoms with Gasteiger partial charge in [-0.3, -0.25) is 4.79 Å². The first-order valence-corrected chi connectivity index (χ1v) is 9.80. The van der Waals surface area contributed by atoms with E-state index >= 15 is 0 Å². The molecule has 1 aliphatic carbocycles. The highest BCUT2D eigenvalue weighted by Gasteiger charge is 2.34. The number of aryl methyl sites for hydroxylation is 2. The average Bonchev–Trinajstić information content (AvgIpc) is 3.05. The molecular weight excluding hydrogens is 340 g/mol. The Kier molecular flexibility index (Phi) is 5.88. The molecule has 5 heteroatoms. The van der Waals surface area contributed by atoms with E-state index in [9.17, 15) is 4.79 Å². The van der Waals surface area contributed by atoms with Crippen molar-refractivity contribution in [1.29, 1.82) is 0 Å². The van der Waals surface area contributed by atoms with Gasteiger partial charge in [0.2, 0.25) is 0 Å². The number of ether oxygens (including phenoxy) is 1. The van der Waals surface area contributed by atoms with E-state index in [1.807, 2.05) is 31.2 Å². The molecule has 27 heavy (non-hydrogen) atoms. The maximum Gasteiger partial charge on any atom is 0.273 e. The van der Waals surface area contributed by atoms with Gasteiger partial charge < -0.3 is 14.6 Å². The molecule has 1 amide bonds. The van der Waals surface area contributed by atoms with Gasteiger partial charge in [0, 0.05) is 18.5 Å². The molecule has 3 rings (SSSR count). The molecule has 0 saturated carbocycles. The van der Waals surface area contributed by atoms with Crippen LogP contribution in [0, 0.1) is 18.3 Å². The van der Waals surface area contributed by atoms with E-state index in [0.29, 0.717) is 24.8 Å². The van der Waals surface area contributed by atoms with Crippen LogP contribution in [0.2, 0.25) is 0 Å². The van der Waals surface area contributed by atoms with Gasteiger partial charge in [-0.15, -0.1) is 0 Å². The third-order valence-electron chi connectivity index (χ3n) is 5.44. The smallest absolute Gasteiger partial charge is 0.273 e. The number of amides is 1. The van der Waals surface area contributed by atoms with E-state index in [4.69, 9.17) is 9.26 Å². The molecule has 0 aliphatic heterocycles. The van der Waals surface area contributed by atoms with E-state index in [-0.39, 0.29) is 11.3 Å². The Morgan fingerprint density at radius 3 is 2.85 bits per heavy atom. The highest BCUT2D eigenvalue weighted by molar-refractivity contribution is 5.93. The fourth-order valence-electron chi connectivity index (χ4n) is 3.58. The summed E-state index contributed by atoms with van der Waals surface area (Å²) in [6.07, 6.45) is 3.55. The molecule has 1 heterocycles. The van der Waals surface area contributed by atoms with Crippen LogP contribution in [0.3, 0.4) is 0 Å². The van der Waals surface area contributed by atoms with Crippen molar-refractivity contribution in [1.82, 2.24) is 10.5 Å². The fraction of sp³-hybridized carbons (Fsp3) is 0.545. The summed E-state index contributed by atoms with van der Waals surface area (Å²) in [6.45, 7) is 9.90. The first-order chi connectivity index (χ1) is 12.9. The number of benzene rings is 1. The largest absolute Gasteiger partial charge is 0.493 e. The van der Waals surface area contributed by atoms with Crippen LogP contribution >= 0.6 is 0 Å². The van der Waals surface area contributed by atoms with Gasteiger partial charge in [-0.05, 0) is 49.1 Å². The van der Waals surface area contributed by atoms with E-state index in [1.165, 1.54) is 0 Å². The minimum absolute atomic E-state index is 0.148. The maximum atomic E-state index is 12.5. The Morgan fingerprint density at radius 1 is 1.33 bits per heavy atom. The number of para-hydroxylation sites is 1. The Labute approximate surface area is 161 Å². The molecule has 146 valence electrons. The average molecular weight is 370 g/mol. The molecule has 1 aromatic carbocycles. The lowest BCUT2D eigenvalue weighted by molar-refractivity contribution is 0.0941. The van der Waals surface area contributed by atoms with Gasteiger partial charge in [0.05, 0.1) is 6.61 Å². The van der Waals surface area contributed by atoms with Gasteiger partial charge >= 0.3 is 0 Å². The zero-order valence-corrected chi connectivity index (χ0v) is 16.8. The van der Waals surface area contributed by atoms with Gasteiger partial charge in [-0.2, -0.15) is 0 Å². The molecule has 1 atom stereocenters. The molecule has 1 aliphatic rings. The molecule has 5 nitrogen and oxygen atoms in total. The third kappa shape index (κ3) is 4.71. The molecule has 1 aromatic heterocycles. The van der Waals surface area contributed by atoms with Crippen molar-refractivity contribution in [3.63, 3.8) is 0 Å². The molecule has 0 fully saturated rings. The second-order valence-electron chi connectivity index (χ2n) is 8.46. The Balaban J connectivity index is 1.50. The van der Waals surface area contributed by atoms with Crippen molar-refractivity contribution in [2.24, 2.45) is 11.3 Å². The van der Waals surface area contributed by atoms with Crippen LogP contribution < -0.4 is 10.1 Å². The number of rotatable bonds is 6. The molecule has 0 bridgehead atoms. The normalized spacial score (nSPS) is 16.7. The second kappa shape index (κ2) is 8.15. The topological polar surface area (TPSA) is 64.4 Å². The molecule has 0 spiro atoms. The maximum absolute atomic E-state index is 12.5. The van der Waals surface area contributed by atoms with E-state index in [2.05, 4.69) is 31.2 Å². The number of carbonyl (C=O) groups excluding carboxylic acids is 1. The van der Waals surface area contributed by atoms with Crippen molar-refractivity contribution in [3.8, 4) is 5.75 Å². The summed E-state index contributed by atoms with van der Waals surface area (Å²) < 4.78 is 11.2. The second-order valence-corrected chi connectivity index (χ2v) is 8.46. The zero-order valence-electron chi connectivity index (χ0n) is 16.8. The Hall–Kier alpha value is -2.30. The summed E-state index contributed by atoms with van der Waals surface area (Å²) in [5.74, 6) is 2.16. The van der Waals surface area contributed by atoms with Gasteiger partial charge in [0.15, 0.2) is 5.69 Å². The molecule has 0 saturated heterocycles. The van der Waals surface area contributed by atoms with Gasteiger partial charge in [-0.1, -0.05) is 44.1 Å². The number of hydrogen-bond acceptors (Lipinski definition) is 4. The first kappa shape index (κ1) is 19.5. The van der Waals surface area contributed by atoms with Crippen LogP contribution in [0.15, 0.2) is 28.8 Å². The first-order valence-electron chi connectivity index (χ1n) is 9.80. The highest BCUT2D eigenvalue weighted by atomic mass is 16.5. The zero-order chi connectivity index (χ0) is 19.4. The minimum atomic E-state index is -0.148. The number of nitrogens with one attached hydrogen (secondary N) is 1. The molecule has 1 N–H and O–H groups in total. The summed E-state index contributed by atoms with van der Waals surface area (Å²) in [6, 6.07) is 7.94. The van der Waals surface area contributed by atoms with Gasteiger partial charge in [-0.25, -0.2) is 0 Å². The SMILES string of the molecule is Cc1ccccc1OCCCNC(=O)c1noc2c1C[C@H](C(C)(C)C)CC2. The standard InChI is InChI=1S/C22H30N2O3/c1-15-8-5-6-9-18(15)26-13-7-12-23-21(25)20-17-14-16(22(2,3)4)10-11-19(17)27-24-20/h5-6,8-9,16H,7,10-14H2,1-4H3,(H,23,25)/t16-/m1/s1. The van der Waals surface area contributed by atoms with E-state index in [1.54, 1.807) is 0 Å². The predicted molar refractivity (Wildman–Crippen MR) is 105 cm³/mol. The number of carbonyl (C=O) groups is 1. The monoisotopic (exact) mass is 370 g/mol. The number of fused-ring (bicyclic) bond motifs is 1. The quantitative estimate of drug-likeness (QED) is 0.769. The van der Waals surface area contributed by atoms with Crippen molar-refractivity contribution >= 4 is 5.91 Å². The summed E-state index contributed by atoms with van der Waals surface area (Å²) >= 11 is 0. The van der Waals surface area contributed by atoms with E-state index < -0.39 is 0 Å². The lowest BCUT2D eigenvalue weighted by Crippen LogP contribution is -2.30. The Morgan fingerprint density at radius 2 is 2.11 bits per heavy atom. The van der Waals surface area contributed by atoms with E-state index in [0.717, 1.165) is 48.3 Å². The lowest BCUT2D eigenvalue weighted by atomic mass is 9.71. The summed E-state index contributed by atoms with van der Waals surface area (Å²) in [5, 5.41) is 7.00. The van der Waals surface area contributed by atoms with Crippen LogP contribution in [-0.2, 0) is 12.8 Å². The summed E-state index contributed by atoms with van der Waals surface area (Å²) in [5.41, 5.74) is 2.79. The molecule has 2 aromatic rings. The predicted octanol–water partition coefficient (Wildman–Crippen LogP) is 4.33. The molecular formula is C22H30N2O3. The van der Waals surface area contributed by atoms with Crippen molar-refractivity contribution < 1.29 is 14.1 Å². The third-order valence-corrected chi connectivity index (χ3v) is 5.44. The summed E-state index contributed by atoms with van der Waals surface area (Å²) in [7, 11) is 0. The number of aromatic nitrogens is 1. The molecule has 0 radical (unpaired) electrons. The fourth-order valence-corrected chi connectivity index (χ4v) is 3.58. The Bertz CT molecular complexity index is 789. The number of hydrogen-bond donors (Lipinski definition) is 1. The van der Waals surface area contributed by atoms with Crippen LogP contribution in [0.1, 0.15) is 61.0 Å². The van der Waals surface area contributed by atoms with Crippen LogP contribution in [0.4, 0.5) is 0 Å². The number of nitrogens with zero attached hydrogens (tertiary/aromatic N) is 1. The summed E-state index contributed by atoms with van der Waals surface area (Å²) in [4.78, 5) is 12.5. The lowest BCUT2D eigenvalue weighted by Gasteiger charge is -2.33. The van der Waals surface area contributed by atoms with Crippen molar-refractivity contribution in [2.45, 2.75) is 53.4 Å².